The van der Waals surface area contributed by atoms with E-state index in [4.69, 9.17) is 4.42 Å². The van der Waals surface area contributed by atoms with E-state index in [1.807, 2.05) is 12.1 Å². The quantitative estimate of drug-likeness (QED) is 0.400. The van der Waals surface area contributed by atoms with Crippen molar-refractivity contribution in [3.8, 4) is 0 Å². The van der Waals surface area contributed by atoms with Crippen LogP contribution in [0, 0.1) is 0 Å². The lowest BCUT2D eigenvalue weighted by molar-refractivity contribution is -0.687. The second-order valence-electron chi connectivity index (χ2n) is 7.05. The highest BCUT2D eigenvalue weighted by Crippen LogP contribution is 2.31. The van der Waals surface area contributed by atoms with E-state index in [1.54, 1.807) is 0 Å². The molecular formula is C24H21N2O+. The standard InChI is InChI=1S/C24H21N2O/c1-18(26-14-13-25(17-26)16-19-7-3-2-4-8-19)20-11-12-24-22(15-20)21-9-5-6-10-23(21)27-24/h2-15,17-18H,16H2,1H3/q+1. The third-order valence-electron chi connectivity index (χ3n) is 5.25. The molecule has 0 amide bonds. The number of rotatable bonds is 4. The number of fused-ring (bicyclic) bond motifs is 3. The maximum absolute atomic E-state index is 5.95. The first-order valence-electron chi connectivity index (χ1n) is 9.29. The molecule has 27 heavy (non-hydrogen) atoms. The molecule has 2 aromatic heterocycles. The van der Waals surface area contributed by atoms with Gasteiger partial charge in [-0.1, -0.05) is 54.6 Å². The van der Waals surface area contributed by atoms with E-state index < -0.39 is 0 Å². The van der Waals surface area contributed by atoms with E-state index >= 15 is 0 Å². The number of nitrogens with zero attached hydrogens (tertiary/aromatic N) is 2. The van der Waals surface area contributed by atoms with Gasteiger partial charge in [-0.25, -0.2) is 9.13 Å². The van der Waals surface area contributed by atoms with Gasteiger partial charge in [-0.3, -0.25) is 0 Å². The minimum Gasteiger partial charge on any atom is -0.456 e. The van der Waals surface area contributed by atoms with Gasteiger partial charge in [-0.2, -0.15) is 0 Å². The summed E-state index contributed by atoms with van der Waals surface area (Å²) < 4.78 is 10.4. The molecule has 0 bridgehead atoms. The van der Waals surface area contributed by atoms with Crippen molar-refractivity contribution in [1.29, 1.82) is 0 Å². The molecule has 0 aliphatic heterocycles. The maximum atomic E-state index is 5.95. The Hall–Kier alpha value is -3.33. The smallest absolute Gasteiger partial charge is 0.244 e. The molecule has 0 saturated carbocycles. The summed E-state index contributed by atoms with van der Waals surface area (Å²) in [7, 11) is 0. The number of benzene rings is 3. The Kier molecular flexibility index (Phi) is 3.79. The molecule has 5 aromatic rings. The normalized spacial score (nSPS) is 12.6. The molecule has 132 valence electrons. The number of hydrogen-bond acceptors (Lipinski definition) is 1. The van der Waals surface area contributed by atoms with Gasteiger partial charge >= 0.3 is 0 Å². The Morgan fingerprint density at radius 2 is 1.67 bits per heavy atom. The van der Waals surface area contributed by atoms with Crippen LogP contribution in [0.3, 0.4) is 0 Å². The van der Waals surface area contributed by atoms with Gasteiger partial charge in [0.25, 0.3) is 0 Å². The minimum atomic E-state index is 0.250. The van der Waals surface area contributed by atoms with Crippen LogP contribution < -0.4 is 4.57 Å². The SMILES string of the molecule is CC(c1ccc2oc3ccccc3c2c1)n1cc[n+](Cc2ccccc2)c1. The van der Waals surface area contributed by atoms with Crippen LogP contribution in [0.15, 0.2) is 95.9 Å². The van der Waals surface area contributed by atoms with Crippen molar-refractivity contribution in [1.82, 2.24) is 4.57 Å². The molecule has 0 radical (unpaired) electrons. The van der Waals surface area contributed by atoms with E-state index in [0.29, 0.717) is 0 Å². The average Bonchev–Trinajstić information content (AvgIpc) is 3.32. The summed E-state index contributed by atoms with van der Waals surface area (Å²) in [4.78, 5) is 0. The fraction of sp³-hybridized carbons (Fsp3) is 0.125. The molecule has 3 aromatic carbocycles. The van der Waals surface area contributed by atoms with Crippen molar-refractivity contribution in [2.75, 3.05) is 0 Å². The van der Waals surface area contributed by atoms with Crippen LogP contribution in [0.1, 0.15) is 24.1 Å². The number of furan rings is 1. The van der Waals surface area contributed by atoms with Crippen molar-refractivity contribution in [3.05, 3.63) is 103 Å². The van der Waals surface area contributed by atoms with Gasteiger partial charge < -0.3 is 4.42 Å². The summed E-state index contributed by atoms with van der Waals surface area (Å²) in [5, 5.41) is 2.35. The number of hydrogen-bond donors (Lipinski definition) is 0. The highest BCUT2D eigenvalue weighted by atomic mass is 16.3. The first kappa shape index (κ1) is 15.9. The lowest BCUT2D eigenvalue weighted by atomic mass is 10.0. The molecule has 0 fully saturated rings. The summed E-state index contributed by atoms with van der Waals surface area (Å²) in [6.07, 6.45) is 6.45. The third kappa shape index (κ3) is 2.91. The van der Waals surface area contributed by atoms with E-state index in [9.17, 15) is 0 Å². The summed E-state index contributed by atoms with van der Waals surface area (Å²) in [5.74, 6) is 0. The fourth-order valence-electron chi connectivity index (χ4n) is 3.70. The number of imidazole rings is 1. The van der Waals surface area contributed by atoms with Crippen LogP contribution in [0.5, 0.6) is 0 Å². The molecule has 3 nitrogen and oxygen atoms in total. The Morgan fingerprint density at radius 1 is 0.889 bits per heavy atom. The van der Waals surface area contributed by atoms with Crippen LogP contribution in [-0.4, -0.2) is 4.57 Å². The van der Waals surface area contributed by atoms with Crippen molar-refractivity contribution >= 4 is 21.9 Å². The van der Waals surface area contributed by atoms with E-state index in [1.165, 1.54) is 21.9 Å². The van der Waals surface area contributed by atoms with Crippen molar-refractivity contribution in [3.63, 3.8) is 0 Å². The zero-order valence-electron chi connectivity index (χ0n) is 15.2. The molecule has 1 atom stereocenters. The predicted molar refractivity (Wildman–Crippen MR) is 108 cm³/mol. The Morgan fingerprint density at radius 3 is 2.56 bits per heavy atom. The maximum Gasteiger partial charge on any atom is 0.244 e. The molecule has 0 N–H and O–H groups in total. The van der Waals surface area contributed by atoms with Crippen LogP contribution in [-0.2, 0) is 6.54 Å². The summed E-state index contributed by atoms with van der Waals surface area (Å²) >= 11 is 0. The zero-order valence-corrected chi connectivity index (χ0v) is 15.2. The van der Waals surface area contributed by atoms with E-state index in [0.717, 1.165) is 17.7 Å². The topological polar surface area (TPSA) is 21.9 Å². The van der Waals surface area contributed by atoms with E-state index in [2.05, 4.69) is 95.4 Å². The fourth-order valence-corrected chi connectivity index (χ4v) is 3.70. The van der Waals surface area contributed by atoms with E-state index in [-0.39, 0.29) is 6.04 Å². The van der Waals surface area contributed by atoms with Crippen LogP contribution >= 0.6 is 0 Å². The summed E-state index contributed by atoms with van der Waals surface area (Å²) in [6.45, 7) is 3.11. The monoisotopic (exact) mass is 353 g/mol. The Balaban J connectivity index is 1.47. The molecule has 2 heterocycles. The molecule has 1 unspecified atom stereocenters. The highest BCUT2D eigenvalue weighted by molar-refractivity contribution is 6.05. The molecule has 3 heteroatoms. The minimum absolute atomic E-state index is 0.250. The average molecular weight is 353 g/mol. The Bertz CT molecular complexity index is 1220. The largest absolute Gasteiger partial charge is 0.456 e. The predicted octanol–water partition coefficient (Wildman–Crippen LogP) is 5.33. The summed E-state index contributed by atoms with van der Waals surface area (Å²) in [6, 6.07) is 25.5. The number of para-hydroxylation sites is 1. The number of aromatic nitrogens is 2. The van der Waals surface area contributed by atoms with Crippen molar-refractivity contribution in [2.45, 2.75) is 19.5 Å². The van der Waals surface area contributed by atoms with Gasteiger partial charge in [0.15, 0.2) is 0 Å². The Labute approximate surface area is 158 Å². The zero-order chi connectivity index (χ0) is 18.2. The molecular weight excluding hydrogens is 332 g/mol. The third-order valence-corrected chi connectivity index (χ3v) is 5.25. The van der Waals surface area contributed by atoms with Gasteiger partial charge in [-0.15, -0.1) is 0 Å². The van der Waals surface area contributed by atoms with Gasteiger partial charge in [0.05, 0.1) is 0 Å². The summed E-state index contributed by atoms with van der Waals surface area (Å²) in [5.41, 5.74) is 4.47. The van der Waals surface area contributed by atoms with Crippen molar-refractivity contribution < 1.29 is 8.98 Å². The molecule has 5 rings (SSSR count). The van der Waals surface area contributed by atoms with Gasteiger partial charge in [0.1, 0.15) is 36.1 Å². The molecule has 0 saturated heterocycles. The molecule has 0 aliphatic rings. The van der Waals surface area contributed by atoms with Gasteiger partial charge in [-0.05, 0) is 36.2 Å². The lowest BCUT2D eigenvalue weighted by Gasteiger charge is -2.08. The highest BCUT2D eigenvalue weighted by Gasteiger charge is 2.16. The first-order chi connectivity index (χ1) is 13.3. The second-order valence-corrected chi connectivity index (χ2v) is 7.05. The van der Waals surface area contributed by atoms with Gasteiger partial charge in [0, 0.05) is 10.8 Å². The lowest BCUT2D eigenvalue weighted by Crippen LogP contribution is -2.31. The second kappa shape index (κ2) is 6.44. The van der Waals surface area contributed by atoms with Crippen molar-refractivity contribution in [2.24, 2.45) is 0 Å². The van der Waals surface area contributed by atoms with Crippen LogP contribution in [0.2, 0.25) is 0 Å². The van der Waals surface area contributed by atoms with Gasteiger partial charge in [0.2, 0.25) is 6.33 Å². The molecule has 0 spiro atoms. The van der Waals surface area contributed by atoms with Crippen LogP contribution in [0.25, 0.3) is 21.9 Å². The molecule has 0 aliphatic carbocycles. The first-order valence-corrected chi connectivity index (χ1v) is 9.29. The van der Waals surface area contributed by atoms with Crippen LogP contribution in [0.4, 0.5) is 0 Å².